The summed E-state index contributed by atoms with van der Waals surface area (Å²) in [5, 5.41) is 5.95. The van der Waals surface area contributed by atoms with Crippen LogP contribution >= 0.6 is 0 Å². The Morgan fingerprint density at radius 1 is 1.37 bits per heavy atom. The van der Waals surface area contributed by atoms with E-state index in [2.05, 4.69) is 10.6 Å². The van der Waals surface area contributed by atoms with Gasteiger partial charge in [0, 0.05) is 12.6 Å². The second-order valence-corrected chi connectivity index (χ2v) is 6.06. The summed E-state index contributed by atoms with van der Waals surface area (Å²) in [6.07, 6.45) is -1.99. The number of carbonyl (C=O) groups is 1. The standard InChI is InChI=1S/C13H21F3N2O/c1-12(5-6-17-8-12)11(19)18-10-4-2-3-9(7-10)13(14,15)16/h9-10,17H,2-8H2,1H3,(H,18,19). The first-order valence-electron chi connectivity index (χ1n) is 6.90. The predicted molar refractivity (Wildman–Crippen MR) is 65.5 cm³/mol. The smallest absolute Gasteiger partial charge is 0.353 e. The number of hydrogen-bond acceptors (Lipinski definition) is 2. The zero-order valence-electron chi connectivity index (χ0n) is 11.1. The molecule has 0 bridgehead atoms. The van der Waals surface area contributed by atoms with E-state index >= 15 is 0 Å². The van der Waals surface area contributed by atoms with E-state index in [0.29, 0.717) is 19.4 Å². The first-order valence-corrected chi connectivity index (χ1v) is 6.90. The van der Waals surface area contributed by atoms with E-state index in [1.165, 1.54) is 0 Å². The molecule has 6 heteroatoms. The second kappa shape index (κ2) is 5.31. The minimum absolute atomic E-state index is 0.0265. The maximum atomic E-state index is 12.7. The van der Waals surface area contributed by atoms with Gasteiger partial charge in [-0.2, -0.15) is 13.2 Å². The zero-order chi connectivity index (χ0) is 14.1. The van der Waals surface area contributed by atoms with Crippen molar-refractivity contribution in [3.8, 4) is 0 Å². The van der Waals surface area contributed by atoms with Crippen molar-refractivity contribution < 1.29 is 18.0 Å². The first kappa shape index (κ1) is 14.6. The number of amides is 1. The number of halogens is 3. The molecule has 0 aromatic heterocycles. The highest BCUT2D eigenvalue weighted by Crippen LogP contribution is 2.38. The van der Waals surface area contributed by atoms with E-state index in [1.807, 2.05) is 6.92 Å². The second-order valence-electron chi connectivity index (χ2n) is 6.06. The molecule has 0 aromatic carbocycles. The molecule has 1 aliphatic carbocycles. The van der Waals surface area contributed by atoms with Crippen LogP contribution in [0.2, 0.25) is 0 Å². The van der Waals surface area contributed by atoms with Crippen LogP contribution in [-0.4, -0.2) is 31.2 Å². The van der Waals surface area contributed by atoms with Crippen LogP contribution in [0.1, 0.15) is 39.0 Å². The Morgan fingerprint density at radius 3 is 2.68 bits per heavy atom. The van der Waals surface area contributed by atoms with Crippen molar-refractivity contribution in [3.05, 3.63) is 0 Å². The summed E-state index contributed by atoms with van der Waals surface area (Å²) < 4.78 is 38.1. The lowest BCUT2D eigenvalue weighted by Crippen LogP contribution is -2.47. The van der Waals surface area contributed by atoms with Gasteiger partial charge in [-0.05, 0) is 39.2 Å². The van der Waals surface area contributed by atoms with Crippen molar-refractivity contribution in [1.82, 2.24) is 10.6 Å². The molecule has 19 heavy (non-hydrogen) atoms. The number of hydrogen-bond donors (Lipinski definition) is 2. The number of alkyl halides is 3. The van der Waals surface area contributed by atoms with Crippen LogP contribution in [0.15, 0.2) is 0 Å². The topological polar surface area (TPSA) is 41.1 Å². The quantitative estimate of drug-likeness (QED) is 0.813. The molecule has 1 heterocycles. The van der Waals surface area contributed by atoms with Gasteiger partial charge in [0.05, 0.1) is 11.3 Å². The summed E-state index contributed by atoms with van der Waals surface area (Å²) >= 11 is 0. The van der Waals surface area contributed by atoms with E-state index in [-0.39, 0.29) is 24.8 Å². The molecule has 2 rings (SSSR count). The summed E-state index contributed by atoms with van der Waals surface area (Å²) in [7, 11) is 0. The van der Waals surface area contributed by atoms with Crippen molar-refractivity contribution in [2.24, 2.45) is 11.3 Å². The molecule has 1 saturated heterocycles. The molecule has 2 N–H and O–H groups in total. The summed E-state index contributed by atoms with van der Waals surface area (Å²) in [6, 6.07) is -0.328. The highest BCUT2D eigenvalue weighted by molar-refractivity contribution is 5.83. The van der Waals surface area contributed by atoms with E-state index in [1.54, 1.807) is 0 Å². The zero-order valence-corrected chi connectivity index (χ0v) is 11.1. The summed E-state index contributed by atoms with van der Waals surface area (Å²) in [6.45, 7) is 3.26. The molecule has 1 aliphatic heterocycles. The highest BCUT2D eigenvalue weighted by Gasteiger charge is 2.43. The third kappa shape index (κ3) is 3.41. The monoisotopic (exact) mass is 278 g/mol. The molecule has 2 aliphatic rings. The van der Waals surface area contributed by atoms with Crippen LogP contribution in [0.4, 0.5) is 13.2 Å². The number of carbonyl (C=O) groups excluding carboxylic acids is 1. The largest absolute Gasteiger partial charge is 0.391 e. The Balaban J connectivity index is 1.90. The molecular weight excluding hydrogens is 257 g/mol. The van der Waals surface area contributed by atoms with Gasteiger partial charge in [-0.15, -0.1) is 0 Å². The maximum absolute atomic E-state index is 12.7. The fraction of sp³-hybridized carbons (Fsp3) is 0.923. The van der Waals surface area contributed by atoms with Crippen LogP contribution in [-0.2, 0) is 4.79 Å². The van der Waals surface area contributed by atoms with Gasteiger partial charge in [0.25, 0.3) is 0 Å². The van der Waals surface area contributed by atoms with Gasteiger partial charge >= 0.3 is 6.18 Å². The Bertz CT molecular complexity index is 337. The van der Waals surface area contributed by atoms with Gasteiger partial charge in [0.1, 0.15) is 0 Å². The predicted octanol–water partition coefficient (Wildman–Crippen LogP) is 2.22. The number of nitrogens with one attached hydrogen (secondary N) is 2. The van der Waals surface area contributed by atoms with Crippen molar-refractivity contribution in [3.63, 3.8) is 0 Å². The van der Waals surface area contributed by atoms with Crippen molar-refractivity contribution in [1.29, 1.82) is 0 Å². The molecule has 0 aromatic rings. The molecule has 3 unspecified atom stereocenters. The Kier molecular flexibility index (Phi) is 4.08. The Hall–Kier alpha value is -0.780. The third-order valence-corrected chi connectivity index (χ3v) is 4.39. The minimum Gasteiger partial charge on any atom is -0.353 e. The van der Waals surface area contributed by atoms with Gasteiger partial charge in [-0.1, -0.05) is 6.42 Å². The van der Waals surface area contributed by atoms with Crippen LogP contribution in [0, 0.1) is 11.3 Å². The summed E-state index contributed by atoms with van der Waals surface area (Å²) in [5.74, 6) is -1.37. The van der Waals surface area contributed by atoms with Crippen LogP contribution < -0.4 is 10.6 Å². The SMILES string of the molecule is CC1(C(=O)NC2CCCC(C(F)(F)F)C2)CCNC1. The molecule has 3 atom stereocenters. The fourth-order valence-corrected chi connectivity index (χ4v) is 2.99. The van der Waals surface area contributed by atoms with Gasteiger partial charge in [0.2, 0.25) is 5.91 Å². The van der Waals surface area contributed by atoms with Gasteiger partial charge in [0.15, 0.2) is 0 Å². The molecule has 1 amide bonds. The normalized spacial score (nSPS) is 36.2. The molecular formula is C13H21F3N2O. The molecule has 0 radical (unpaired) electrons. The van der Waals surface area contributed by atoms with Gasteiger partial charge in [-0.3, -0.25) is 4.79 Å². The van der Waals surface area contributed by atoms with E-state index in [9.17, 15) is 18.0 Å². The molecule has 1 saturated carbocycles. The van der Waals surface area contributed by atoms with E-state index in [4.69, 9.17) is 0 Å². The van der Waals surface area contributed by atoms with Gasteiger partial charge < -0.3 is 10.6 Å². The lowest BCUT2D eigenvalue weighted by Gasteiger charge is -2.33. The van der Waals surface area contributed by atoms with Crippen molar-refractivity contribution in [2.45, 2.75) is 51.2 Å². The minimum atomic E-state index is -4.14. The Labute approximate surface area is 111 Å². The Morgan fingerprint density at radius 2 is 2.11 bits per heavy atom. The summed E-state index contributed by atoms with van der Waals surface area (Å²) in [4.78, 5) is 12.2. The highest BCUT2D eigenvalue weighted by atomic mass is 19.4. The van der Waals surface area contributed by atoms with E-state index < -0.39 is 17.5 Å². The number of rotatable bonds is 2. The molecule has 110 valence electrons. The van der Waals surface area contributed by atoms with Gasteiger partial charge in [-0.25, -0.2) is 0 Å². The molecule has 2 fully saturated rings. The third-order valence-electron chi connectivity index (χ3n) is 4.39. The molecule has 0 spiro atoms. The lowest BCUT2D eigenvalue weighted by molar-refractivity contribution is -0.184. The van der Waals surface area contributed by atoms with Crippen molar-refractivity contribution in [2.75, 3.05) is 13.1 Å². The summed E-state index contributed by atoms with van der Waals surface area (Å²) in [5.41, 5.74) is -0.467. The van der Waals surface area contributed by atoms with E-state index in [0.717, 1.165) is 13.0 Å². The maximum Gasteiger partial charge on any atom is 0.391 e. The molecule has 3 nitrogen and oxygen atoms in total. The average molecular weight is 278 g/mol. The fourth-order valence-electron chi connectivity index (χ4n) is 2.99. The van der Waals surface area contributed by atoms with Crippen molar-refractivity contribution >= 4 is 5.91 Å². The first-order chi connectivity index (χ1) is 8.81. The van der Waals surface area contributed by atoms with Crippen LogP contribution in [0.3, 0.4) is 0 Å². The van der Waals surface area contributed by atoms with Crippen LogP contribution in [0.5, 0.6) is 0 Å². The lowest BCUT2D eigenvalue weighted by atomic mass is 9.83. The van der Waals surface area contributed by atoms with Crippen LogP contribution in [0.25, 0.3) is 0 Å². The average Bonchev–Trinajstić information content (AvgIpc) is 2.77.